The van der Waals surface area contributed by atoms with Crippen molar-refractivity contribution in [1.82, 2.24) is 4.72 Å². The smallest absolute Gasteiger partial charge is 0.211 e. The molecule has 1 aromatic rings. The van der Waals surface area contributed by atoms with Gasteiger partial charge in [0.15, 0.2) is 0 Å². The highest BCUT2D eigenvalue weighted by Crippen LogP contribution is 2.31. The Morgan fingerprint density at radius 1 is 1.41 bits per heavy atom. The fraction of sp³-hybridized carbons (Fsp3) is 0.455. The molecule has 0 spiro atoms. The predicted molar refractivity (Wildman–Crippen MR) is 66.6 cm³/mol. The molecule has 0 bridgehead atoms. The lowest BCUT2D eigenvalue weighted by Crippen LogP contribution is -2.25. The van der Waals surface area contributed by atoms with Gasteiger partial charge in [-0.25, -0.2) is 17.5 Å². The second-order valence-corrected chi connectivity index (χ2v) is 6.86. The predicted octanol–water partition coefficient (Wildman–Crippen LogP) is 2.67. The second kappa shape index (κ2) is 5.04. The Morgan fingerprint density at radius 2 is 2.12 bits per heavy atom. The summed E-state index contributed by atoms with van der Waals surface area (Å²) in [4.78, 5) is -0.295. The van der Waals surface area contributed by atoms with E-state index in [9.17, 15) is 12.8 Å². The van der Waals surface area contributed by atoms with E-state index in [-0.39, 0.29) is 4.90 Å². The van der Waals surface area contributed by atoms with E-state index in [0.29, 0.717) is 16.9 Å². The lowest BCUT2D eigenvalue weighted by molar-refractivity contribution is 0.553. The molecule has 1 saturated carbocycles. The normalized spacial score (nSPS) is 16.1. The van der Waals surface area contributed by atoms with Crippen LogP contribution in [-0.4, -0.2) is 15.0 Å². The van der Waals surface area contributed by atoms with E-state index in [4.69, 9.17) is 0 Å². The molecule has 1 aliphatic rings. The first-order chi connectivity index (χ1) is 7.99. The maximum Gasteiger partial charge on any atom is 0.243 e. The van der Waals surface area contributed by atoms with Crippen molar-refractivity contribution in [3.8, 4) is 0 Å². The van der Waals surface area contributed by atoms with E-state index in [1.165, 1.54) is 25.0 Å². The van der Waals surface area contributed by atoms with Crippen LogP contribution in [-0.2, 0) is 10.0 Å². The van der Waals surface area contributed by atoms with E-state index < -0.39 is 15.8 Å². The third-order valence-electron chi connectivity index (χ3n) is 2.73. The number of benzene rings is 1. The molecule has 94 valence electrons. The van der Waals surface area contributed by atoms with Gasteiger partial charge in [0.1, 0.15) is 10.7 Å². The quantitative estimate of drug-likeness (QED) is 0.906. The van der Waals surface area contributed by atoms with Crippen molar-refractivity contribution in [2.45, 2.75) is 24.2 Å². The molecule has 2 rings (SSSR count). The lowest BCUT2D eigenvalue weighted by atomic mass is 10.3. The highest BCUT2D eigenvalue weighted by atomic mass is 79.9. The van der Waals surface area contributed by atoms with Crippen LogP contribution in [0.1, 0.15) is 19.3 Å². The van der Waals surface area contributed by atoms with E-state index in [2.05, 4.69) is 20.7 Å². The number of hydrogen-bond donors (Lipinski definition) is 1. The molecule has 3 nitrogen and oxygen atoms in total. The van der Waals surface area contributed by atoms with Crippen LogP contribution in [0.2, 0.25) is 0 Å². The highest BCUT2D eigenvalue weighted by Gasteiger charge is 2.23. The van der Waals surface area contributed by atoms with Gasteiger partial charge in [-0.1, -0.05) is 28.8 Å². The average Bonchev–Trinajstić information content (AvgIpc) is 3.00. The largest absolute Gasteiger partial charge is 0.243 e. The number of rotatable bonds is 5. The van der Waals surface area contributed by atoms with Gasteiger partial charge in [0.25, 0.3) is 0 Å². The summed E-state index contributed by atoms with van der Waals surface area (Å²) >= 11 is 3.09. The zero-order chi connectivity index (χ0) is 12.5. The van der Waals surface area contributed by atoms with E-state index in [1.54, 1.807) is 0 Å². The fourth-order valence-electron chi connectivity index (χ4n) is 1.57. The Hall–Kier alpha value is -0.460. The van der Waals surface area contributed by atoms with Crippen LogP contribution in [0.4, 0.5) is 4.39 Å². The van der Waals surface area contributed by atoms with Crippen LogP contribution in [0.3, 0.4) is 0 Å². The van der Waals surface area contributed by atoms with Gasteiger partial charge in [-0.15, -0.1) is 0 Å². The van der Waals surface area contributed by atoms with Crippen LogP contribution in [0.15, 0.2) is 27.6 Å². The molecule has 17 heavy (non-hydrogen) atoms. The second-order valence-electron chi connectivity index (χ2n) is 4.20. The van der Waals surface area contributed by atoms with Crippen molar-refractivity contribution in [3.63, 3.8) is 0 Å². The summed E-state index contributed by atoms with van der Waals surface area (Å²) in [6.45, 7) is 0.377. The maximum atomic E-state index is 13.5. The molecule has 0 heterocycles. The molecular weight excluding hydrogens is 309 g/mol. The van der Waals surface area contributed by atoms with Gasteiger partial charge in [0, 0.05) is 11.0 Å². The Morgan fingerprint density at radius 3 is 2.71 bits per heavy atom. The maximum absolute atomic E-state index is 13.5. The molecular formula is C11H13BrFNO2S. The number of halogens is 2. The van der Waals surface area contributed by atoms with Gasteiger partial charge in [-0.3, -0.25) is 0 Å². The minimum Gasteiger partial charge on any atom is -0.211 e. The summed E-state index contributed by atoms with van der Waals surface area (Å²) in [5, 5.41) is 0. The molecule has 0 unspecified atom stereocenters. The van der Waals surface area contributed by atoms with E-state index >= 15 is 0 Å². The van der Waals surface area contributed by atoms with Crippen LogP contribution in [0, 0.1) is 11.7 Å². The summed E-state index contributed by atoms with van der Waals surface area (Å²) in [6, 6.07) is 3.92. The molecule has 1 N–H and O–H groups in total. The molecule has 1 aliphatic carbocycles. The topological polar surface area (TPSA) is 46.2 Å². The third-order valence-corrected chi connectivity index (χ3v) is 4.71. The van der Waals surface area contributed by atoms with Crippen molar-refractivity contribution in [2.75, 3.05) is 6.54 Å². The Balaban J connectivity index is 2.07. The molecule has 1 fully saturated rings. The first-order valence-electron chi connectivity index (χ1n) is 5.44. The molecule has 0 saturated heterocycles. The molecule has 0 atom stereocenters. The number of nitrogens with one attached hydrogen (secondary N) is 1. The Bertz CT molecular complexity index is 514. The van der Waals surface area contributed by atoms with Crippen molar-refractivity contribution in [2.24, 2.45) is 5.92 Å². The summed E-state index contributed by atoms with van der Waals surface area (Å²) < 4.78 is 40.0. The lowest BCUT2D eigenvalue weighted by Gasteiger charge is -2.07. The van der Waals surface area contributed by atoms with Crippen molar-refractivity contribution in [3.05, 3.63) is 28.5 Å². The van der Waals surface area contributed by atoms with Crippen LogP contribution < -0.4 is 4.72 Å². The molecule has 1 aromatic carbocycles. The Kier molecular flexibility index (Phi) is 3.85. The molecule has 0 aromatic heterocycles. The van der Waals surface area contributed by atoms with Gasteiger partial charge in [0.05, 0.1) is 0 Å². The van der Waals surface area contributed by atoms with Gasteiger partial charge in [0.2, 0.25) is 10.0 Å². The van der Waals surface area contributed by atoms with Crippen molar-refractivity contribution in [1.29, 1.82) is 0 Å². The highest BCUT2D eigenvalue weighted by molar-refractivity contribution is 9.10. The molecule has 0 aliphatic heterocycles. The van der Waals surface area contributed by atoms with Crippen molar-refractivity contribution < 1.29 is 12.8 Å². The first kappa shape index (κ1) is 13.0. The third kappa shape index (κ3) is 3.50. The van der Waals surface area contributed by atoms with Gasteiger partial charge in [-0.05, 0) is 30.5 Å². The SMILES string of the molecule is O=S(=O)(NCCC1CC1)c1ccc(Br)cc1F. The monoisotopic (exact) mass is 321 g/mol. The van der Waals surface area contributed by atoms with Gasteiger partial charge < -0.3 is 0 Å². The van der Waals surface area contributed by atoms with Crippen LogP contribution in [0.5, 0.6) is 0 Å². The summed E-state index contributed by atoms with van der Waals surface area (Å²) in [5.41, 5.74) is 0. The molecule has 0 amide bonds. The Labute approximate surface area is 109 Å². The average molecular weight is 322 g/mol. The molecule has 6 heteroatoms. The van der Waals surface area contributed by atoms with Crippen LogP contribution >= 0.6 is 15.9 Å². The first-order valence-corrected chi connectivity index (χ1v) is 7.71. The minimum absolute atomic E-state index is 0.295. The van der Waals surface area contributed by atoms with E-state index in [1.807, 2.05) is 0 Å². The van der Waals surface area contributed by atoms with Gasteiger partial charge >= 0.3 is 0 Å². The minimum atomic E-state index is -3.72. The fourth-order valence-corrected chi connectivity index (χ4v) is 3.01. The zero-order valence-electron chi connectivity index (χ0n) is 9.12. The van der Waals surface area contributed by atoms with E-state index in [0.717, 1.165) is 12.5 Å². The number of sulfonamides is 1. The van der Waals surface area contributed by atoms with Crippen molar-refractivity contribution >= 4 is 26.0 Å². The summed E-state index contributed by atoms with van der Waals surface area (Å²) in [7, 11) is -3.72. The number of hydrogen-bond acceptors (Lipinski definition) is 2. The zero-order valence-corrected chi connectivity index (χ0v) is 11.5. The summed E-state index contributed by atoms with van der Waals surface area (Å²) in [5.74, 6) is -0.0919. The molecule has 0 radical (unpaired) electrons. The summed E-state index contributed by atoms with van der Waals surface area (Å²) in [6.07, 6.45) is 3.18. The van der Waals surface area contributed by atoms with Crippen LogP contribution in [0.25, 0.3) is 0 Å². The van der Waals surface area contributed by atoms with Gasteiger partial charge in [-0.2, -0.15) is 0 Å². The standard InChI is InChI=1S/C11H13BrFNO2S/c12-9-3-4-11(10(13)7-9)17(15,16)14-6-5-8-1-2-8/h3-4,7-8,14H,1-2,5-6H2.